The van der Waals surface area contributed by atoms with E-state index in [2.05, 4.69) is 18.9 Å². The lowest BCUT2D eigenvalue weighted by molar-refractivity contribution is 0.0991. The Morgan fingerprint density at radius 2 is 1.95 bits per heavy atom. The zero-order valence-electron chi connectivity index (χ0n) is 11.5. The molecule has 1 heterocycles. The van der Waals surface area contributed by atoms with Crippen LogP contribution in [0.3, 0.4) is 0 Å². The van der Waals surface area contributed by atoms with Crippen LogP contribution in [0.25, 0.3) is 0 Å². The highest BCUT2D eigenvalue weighted by Gasteiger charge is 2.10. The number of rotatable bonds is 5. The first-order chi connectivity index (χ1) is 9.10. The van der Waals surface area contributed by atoms with E-state index in [-0.39, 0.29) is 5.78 Å². The molecule has 1 aromatic carbocycles. The SMILES string of the molecule is CSc1ccc(C(=O)Cc2ccn(C(C)C)n2)cc1. The van der Waals surface area contributed by atoms with E-state index in [9.17, 15) is 4.79 Å². The van der Waals surface area contributed by atoms with Crippen molar-refractivity contribution in [3.05, 3.63) is 47.8 Å². The van der Waals surface area contributed by atoms with Gasteiger partial charge in [0.05, 0.1) is 12.1 Å². The number of benzene rings is 1. The predicted octanol–water partition coefficient (Wildman–Crippen LogP) is 3.61. The maximum absolute atomic E-state index is 12.1. The minimum atomic E-state index is 0.113. The highest BCUT2D eigenvalue weighted by molar-refractivity contribution is 7.98. The van der Waals surface area contributed by atoms with Crippen LogP contribution < -0.4 is 0 Å². The normalized spacial score (nSPS) is 10.9. The van der Waals surface area contributed by atoms with Gasteiger partial charge in [-0.1, -0.05) is 12.1 Å². The minimum Gasteiger partial charge on any atom is -0.294 e. The van der Waals surface area contributed by atoms with Crippen molar-refractivity contribution in [1.82, 2.24) is 9.78 Å². The van der Waals surface area contributed by atoms with Gasteiger partial charge in [-0.25, -0.2) is 0 Å². The zero-order chi connectivity index (χ0) is 13.8. The standard InChI is InChI=1S/C15H18N2OS/c1-11(2)17-9-8-13(16-17)10-15(18)12-4-6-14(19-3)7-5-12/h4-9,11H,10H2,1-3H3. The Morgan fingerprint density at radius 3 is 2.47 bits per heavy atom. The average Bonchev–Trinajstić information content (AvgIpc) is 2.87. The number of nitrogens with zero attached hydrogens (tertiary/aromatic N) is 2. The molecule has 3 nitrogen and oxygen atoms in total. The molecule has 0 unspecified atom stereocenters. The molecule has 0 N–H and O–H groups in total. The molecule has 4 heteroatoms. The number of carbonyl (C=O) groups excluding carboxylic acids is 1. The molecule has 0 saturated heterocycles. The van der Waals surface area contributed by atoms with Gasteiger partial charge in [-0.05, 0) is 38.3 Å². The van der Waals surface area contributed by atoms with Gasteiger partial charge in [0, 0.05) is 22.7 Å². The Balaban J connectivity index is 2.06. The van der Waals surface area contributed by atoms with Crippen molar-refractivity contribution in [3.63, 3.8) is 0 Å². The predicted molar refractivity (Wildman–Crippen MR) is 78.9 cm³/mol. The molecule has 0 atom stereocenters. The number of carbonyl (C=O) groups is 1. The maximum Gasteiger partial charge on any atom is 0.168 e. The lowest BCUT2D eigenvalue weighted by atomic mass is 10.1. The van der Waals surface area contributed by atoms with Crippen LogP contribution in [0, 0.1) is 0 Å². The molecule has 0 amide bonds. The molecule has 19 heavy (non-hydrogen) atoms. The van der Waals surface area contributed by atoms with Crippen molar-refractivity contribution in [2.75, 3.05) is 6.26 Å². The quantitative estimate of drug-likeness (QED) is 0.617. The summed E-state index contributed by atoms with van der Waals surface area (Å²) in [6, 6.07) is 9.95. The van der Waals surface area contributed by atoms with Crippen molar-refractivity contribution in [2.24, 2.45) is 0 Å². The summed E-state index contributed by atoms with van der Waals surface area (Å²) in [7, 11) is 0. The molecular weight excluding hydrogens is 256 g/mol. The molecule has 0 aliphatic carbocycles. The van der Waals surface area contributed by atoms with E-state index in [0.29, 0.717) is 12.5 Å². The summed E-state index contributed by atoms with van der Waals surface area (Å²) in [4.78, 5) is 13.3. The number of ketones is 1. The topological polar surface area (TPSA) is 34.9 Å². The van der Waals surface area contributed by atoms with E-state index in [0.717, 1.165) is 11.3 Å². The third kappa shape index (κ3) is 3.47. The number of aromatic nitrogens is 2. The van der Waals surface area contributed by atoms with Gasteiger partial charge < -0.3 is 0 Å². The van der Waals surface area contributed by atoms with Crippen LogP contribution in [0.2, 0.25) is 0 Å². The smallest absolute Gasteiger partial charge is 0.168 e. The Hall–Kier alpha value is -1.55. The van der Waals surface area contributed by atoms with Crippen LogP contribution in [0.5, 0.6) is 0 Å². The first-order valence-electron chi connectivity index (χ1n) is 6.31. The maximum atomic E-state index is 12.1. The summed E-state index contributed by atoms with van der Waals surface area (Å²) < 4.78 is 1.87. The van der Waals surface area contributed by atoms with E-state index in [1.807, 2.05) is 47.5 Å². The third-order valence-corrected chi connectivity index (χ3v) is 3.69. The van der Waals surface area contributed by atoms with Crippen LogP contribution in [-0.4, -0.2) is 21.8 Å². The summed E-state index contributed by atoms with van der Waals surface area (Å²) in [5, 5.41) is 4.40. The molecule has 0 spiro atoms. The summed E-state index contributed by atoms with van der Waals surface area (Å²) >= 11 is 1.67. The molecule has 1 aromatic heterocycles. The number of Topliss-reactive ketones (excluding diaryl/α,β-unsaturated/α-hetero) is 1. The van der Waals surface area contributed by atoms with Crippen LogP contribution in [0.15, 0.2) is 41.4 Å². The second-order valence-electron chi connectivity index (χ2n) is 4.71. The molecule has 0 radical (unpaired) electrons. The first-order valence-corrected chi connectivity index (χ1v) is 7.54. The molecule has 100 valence electrons. The Labute approximate surface area is 118 Å². The van der Waals surface area contributed by atoms with Crippen molar-refractivity contribution in [1.29, 1.82) is 0 Å². The lowest BCUT2D eigenvalue weighted by Crippen LogP contribution is -2.06. The fraction of sp³-hybridized carbons (Fsp3) is 0.333. The van der Waals surface area contributed by atoms with Gasteiger partial charge >= 0.3 is 0 Å². The summed E-state index contributed by atoms with van der Waals surface area (Å²) in [6.45, 7) is 4.14. The van der Waals surface area contributed by atoms with Crippen molar-refractivity contribution in [2.45, 2.75) is 31.2 Å². The average molecular weight is 274 g/mol. The molecule has 0 saturated carbocycles. The molecule has 2 rings (SSSR count). The van der Waals surface area contributed by atoms with Crippen molar-refractivity contribution in [3.8, 4) is 0 Å². The van der Waals surface area contributed by atoms with Crippen molar-refractivity contribution < 1.29 is 4.79 Å². The van der Waals surface area contributed by atoms with Crippen LogP contribution in [0.4, 0.5) is 0 Å². The van der Waals surface area contributed by atoms with Crippen LogP contribution in [-0.2, 0) is 6.42 Å². The van der Waals surface area contributed by atoms with Gasteiger partial charge in [0.2, 0.25) is 0 Å². The fourth-order valence-corrected chi connectivity index (χ4v) is 2.21. The number of thioether (sulfide) groups is 1. The molecule has 2 aromatic rings. The number of hydrogen-bond acceptors (Lipinski definition) is 3. The van der Waals surface area contributed by atoms with E-state index >= 15 is 0 Å². The van der Waals surface area contributed by atoms with Crippen LogP contribution in [0.1, 0.15) is 35.9 Å². The van der Waals surface area contributed by atoms with E-state index < -0.39 is 0 Å². The zero-order valence-corrected chi connectivity index (χ0v) is 12.3. The van der Waals surface area contributed by atoms with Gasteiger partial charge in [-0.3, -0.25) is 9.48 Å². The van der Waals surface area contributed by atoms with Gasteiger partial charge in [-0.2, -0.15) is 5.10 Å². The molecule has 0 aliphatic rings. The lowest BCUT2D eigenvalue weighted by Gasteiger charge is -2.04. The van der Waals surface area contributed by atoms with E-state index in [1.54, 1.807) is 11.8 Å². The summed E-state index contributed by atoms with van der Waals surface area (Å²) in [5.74, 6) is 0.113. The molecule has 0 aliphatic heterocycles. The second-order valence-corrected chi connectivity index (χ2v) is 5.59. The minimum absolute atomic E-state index is 0.113. The Morgan fingerprint density at radius 1 is 1.26 bits per heavy atom. The van der Waals surface area contributed by atoms with Crippen LogP contribution >= 0.6 is 11.8 Å². The summed E-state index contributed by atoms with van der Waals surface area (Å²) in [6.07, 6.45) is 4.30. The van der Waals surface area contributed by atoms with E-state index in [1.165, 1.54) is 4.90 Å². The second kappa shape index (κ2) is 6.06. The Kier molecular flexibility index (Phi) is 4.43. The highest BCUT2D eigenvalue weighted by Crippen LogP contribution is 2.16. The van der Waals surface area contributed by atoms with Gasteiger partial charge in [0.25, 0.3) is 0 Å². The van der Waals surface area contributed by atoms with E-state index in [4.69, 9.17) is 0 Å². The third-order valence-electron chi connectivity index (χ3n) is 2.95. The Bertz CT molecular complexity index is 558. The molecule has 0 bridgehead atoms. The first kappa shape index (κ1) is 13.9. The highest BCUT2D eigenvalue weighted by atomic mass is 32.2. The van der Waals surface area contributed by atoms with Gasteiger partial charge in [-0.15, -0.1) is 11.8 Å². The van der Waals surface area contributed by atoms with Gasteiger partial charge in [0.1, 0.15) is 0 Å². The number of hydrogen-bond donors (Lipinski definition) is 0. The monoisotopic (exact) mass is 274 g/mol. The van der Waals surface area contributed by atoms with Gasteiger partial charge in [0.15, 0.2) is 5.78 Å². The molecule has 0 fully saturated rings. The van der Waals surface area contributed by atoms with Crippen molar-refractivity contribution >= 4 is 17.5 Å². The summed E-state index contributed by atoms with van der Waals surface area (Å²) in [5.41, 5.74) is 1.57. The largest absolute Gasteiger partial charge is 0.294 e. The fourth-order valence-electron chi connectivity index (χ4n) is 1.80. The molecular formula is C15H18N2OS.